The van der Waals surface area contributed by atoms with Gasteiger partial charge in [0, 0.05) is 12.7 Å². The average molecular weight is 236 g/mol. The third-order valence-corrected chi connectivity index (χ3v) is 3.36. The third-order valence-electron chi connectivity index (χ3n) is 3.36. The second-order valence-corrected chi connectivity index (χ2v) is 4.42. The van der Waals surface area contributed by atoms with Gasteiger partial charge in [0.15, 0.2) is 0 Å². The predicted octanol–water partition coefficient (Wildman–Crippen LogP) is 0.987. The second kappa shape index (κ2) is 4.71. The van der Waals surface area contributed by atoms with Crippen molar-refractivity contribution in [3.63, 3.8) is 0 Å². The summed E-state index contributed by atoms with van der Waals surface area (Å²) in [6, 6.07) is 3.06. The summed E-state index contributed by atoms with van der Waals surface area (Å²) >= 11 is 0. The van der Waals surface area contributed by atoms with Crippen molar-refractivity contribution in [1.29, 1.82) is 0 Å². The highest BCUT2D eigenvalue weighted by Crippen LogP contribution is 2.28. The van der Waals surface area contributed by atoms with Gasteiger partial charge in [-0.05, 0) is 24.5 Å². The van der Waals surface area contributed by atoms with Gasteiger partial charge in [0.2, 0.25) is 0 Å². The lowest BCUT2D eigenvalue weighted by Gasteiger charge is -2.26. The van der Waals surface area contributed by atoms with E-state index < -0.39 is 5.97 Å². The van der Waals surface area contributed by atoms with Crippen LogP contribution in [0.1, 0.15) is 23.7 Å². The molecule has 0 radical (unpaired) electrons. The first kappa shape index (κ1) is 11.9. The topological polar surface area (TPSA) is 73.7 Å². The summed E-state index contributed by atoms with van der Waals surface area (Å²) < 4.78 is 0. The second-order valence-electron chi connectivity index (χ2n) is 4.42. The number of aromatic carboxylic acids is 1. The largest absolute Gasteiger partial charge is 0.478 e. The van der Waals surface area contributed by atoms with Crippen molar-refractivity contribution in [2.75, 3.05) is 18.1 Å². The molecule has 92 valence electrons. The van der Waals surface area contributed by atoms with Crippen LogP contribution in [0.3, 0.4) is 0 Å². The summed E-state index contributed by atoms with van der Waals surface area (Å²) in [6.07, 6.45) is 2.49. The Morgan fingerprint density at radius 3 is 3.06 bits per heavy atom. The van der Waals surface area contributed by atoms with Gasteiger partial charge < -0.3 is 15.1 Å². The zero-order chi connectivity index (χ0) is 12.4. The van der Waals surface area contributed by atoms with Gasteiger partial charge in [-0.25, -0.2) is 9.78 Å². The minimum absolute atomic E-state index is 0.0338. The number of aliphatic hydroxyl groups excluding tert-OH is 1. The van der Waals surface area contributed by atoms with Crippen molar-refractivity contribution < 1.29 is 15.0 Å². The van der Waals surface area contributed by atoms with E-state index >= 15 is 0 Å². The van der Waals surface area contributed by atoms with E-state index in [4.69, 9.17) is 5.11 Å². The number of carbonyl (C=O) groups is 1. The third kappa shape index (κ3) is 2.24. The Morgan fingerprint density at radius 2 is 2.41 bits per heavy atom. The Morgan fingerprint density at radius 1 is 1.65 bits per heavy atom. The number of aromatic nitrogens is 1. The van der Waals surface area contributed by atoms with Crippen molar-refractivity contribution in [2.24, 2.45) is 5.92 Å². The molecule has 1 aromatic rings. The number of pyridine rings is 1. The van der Waals surface area contributed by atoms with Crippen LogP contribution in [0.2, 0.25) is 0 Å². The molecule has 1 aromatic heterocycles. The Hall–Kier alpha value is -1.62. The van der Waals surface area contributed by atoms with Crippen molar-refractivity contribution >= 4 is 11.8 Å². The Balaban J connectivity index is 2.28. The van der Waals surface area contributed by atoms with E-state index in [2.05, 4.69) is 11.9 Å². The molecule has 17 heavy (non-hydrogen) atoms. The molecule has 0 saturated carbocycles. The fourth-order valence-electron chi connectivity index (χ4n) is 2.28. The molecule has 2 rings (SSSR count). The standard InChI is InChI=1S/C12H16N2O3/c1-8-3-5-14(10(8)7-15)11-6-9(12(16)17)2-4-13-11/h2,4,6,8,10,15H,3,5,7H2,1H3,(H,16,17). The molecule has 2 N–H and O–H groups in total. The van der Waals surface area contributed by atoms with Crippen LogP contribution in [0.25, 0.3) is 0 Å². The molecule has 5 heteroatoms. The van der Waals surface area contributed by atoms with E-state index in [1.165, 1.54) is 12.3 Å². The highest BCUT2D eigenvalue weighted by molar-refractivity contribution is 5.88. The molecule has 0 aliphatic carbocycles. The van der Waals surface area contributed by atoms with Gasteiger partial charge in [0.05, 0.1) is 18.2 Å². The zero-order valence-corrected chi connectivity index (χ0v) is 9.71. The van der Waals surface area contributed by atoms with Gasteiger partial charge in [0.25, 0.3) is 0 Å². The number of nitrogens with zero attached hydrogens (tertiary/aromatic N) is 2. The number of anilines is 1. The van der Waals surface area contributed by atoms with Crippen molar-refractivity contribution in [2.45, 2.75) is 19.4 Å². The number of aliphatic hydroxyl groups is 1. The number of hydrogen-bond donors (Lipinski definition) is 2. The van der Waals surface area contributed by atoms with E-state index in [0.717, 1.165) is 13.0 Å². The van der Waals surface area contributed by atoms with Crippen LogP contribution in [0.15, 0.2) is 18.3 Å². The van der Waals surface area contributed by atoms with E-state index in [-0.39, 0.29) is 18.2 Å². The van der Waals surface area contributed by atoms with Crippen LogP contribution < -0.4 is 4.90 Å². The number of hydrogen-bond acceptors (Lipinski definition) is 4. The van der Waals surface area contributed by atoms with Crippen LogP contribution >= 0.6 is 0 Å². The minimum atomic E-state index is -0.957. The lowest BCUT2D eigenvalue weighted by Crippen LogP contribution is -2.35. The Bertz CT molecular complexity index is 422. The summed E-state index contributed by atoms with van der Waals surface area (Å²) in [5.74, 6) is 0.0741. The quantitative estimate of drug-likeness (QED) is 0.818. The Labute approximate surface area is 99.7 Å². The van der Waals surface area contributed by atoms with Gasteiger partial charge in [0.1, 0.15) is 5.82 Å². The van der Waals surface area contributed by atoms with E-state index in [1.807, 2.05) is 4.90 Å². The van der Waals surface area contributed by atoms with E-state index in [1.54, 1.807) is 6.07 Å². The SMILES string of the molecule is CC1CCN(c2cc(C(=O)O)ccn2)C1CO. The molecule has 0 amide bonds. The number of rotatable bonds is 3. The fourth-order valence-corrected chi connectivity index (χ4v) is 2.28. The molecule has 1 fully saturated rings. The molecule has 2 heterocycles. The summed E-state index contributed by atoms with van der Waals surface area (Å²) in [5.41, 5.74) is 0.228. The first-order valence-electron chi connectivity index (χ1n) is 5.70. The zero-order valence-electron chi connectivity index (χ0n) is 9.71. The van der Waals surface area contributed by atoms with Crippen LogP contribution in [-0.4, -0.2) is 40.4 Å². The lowest BCUT2D eigenvalue weighted by atomic mass is 10.0. The fraction of sp³-hybridized carbons (Fsp3) is 0.500. The number of carboxylic acids is 1. The summed E-state index contributed by atoms with van der Waals surface area (Å²) in [7, 11) is 0. The highest BCUT2D eigenvalue weighted by atomic mass is 16.4. The number of carboxylic acid groups (broad SMARTS) is 1. The molecule has 0 spiro atoms. The molecular weight excluding hydrogens is 220 g/mol. The smallest absolute Gasteiger partial charge is 0.335 e. The molecule has 2 unspecified atom stereocenters. The molecule has 0 aromatic carbocycles. The first-order valence-corrected chi connectivity index (χ1v) is 5.70. The summed E-state index contributed by atoms with van der Waals surface area (Å²) in [5, 5.41) is 18.3. The Kier molecular flexibility index (Phi) is 3.28. The van der Waals surface area contributed by atoms with Gasteiger partial charge in [-0.1, -0.05) is 6.92 Å². The van der Waals surface area contributed by atoms with Gasteiger partial charge in [-0.2, -0.15) is 0 Å². The molecule has 5 nitrogen and oxygen atoms in total. The maximum absolute atomic E-state index is 10.9. The normalized spacial score (nSPS) is 24.0. The highest BCUT2D eigenvalue weighted by Gasteiger charge is 2.31. The molecule has 1 aliphatic rings. The van der Waals surface area contributed by atoms with Crippen LogP contribution in [0, 0.1) is 5.92 Å². The van der Waals surface area contributed by atoms with E-state index in [9.17, 15) is 9.90 Å². The molecular formula is C12H16N2O3. The van der Waals surface area contributed by atoms with Crippen LogP contribution in [0.5, 0.6) is 0 Å². The maximum atomic E-state index is 10.9. The van der Waals surface area contributed by atoms with Crippen molar-refractivity contribution in [3.8, 4) is 0 Å². The predicted molar refractivity (Wildman–Crippen MR) is 63.2 cm³/mol. The van der Waals surface area contributed by atoms with Crippen molar-refractivity contribution in [3.05, 3.63) is 23.9 Å². The molecule has 2 atom stereocenters. The summed E-state index contributed by atoms with van der Waals surface area (Å²) in [4.78, 5) is 17.1. The van der Waals surface area contributed by atoms with Crippen LogP contribution in [0.4, 0.5) is 5.82 Å². The van der Waals surface area contributed by atoms with Crippen molar-refractivity contribution in [1.82, 2.24) is 4.98 Å². The maximum Gasteiger partial charge on any atom is 0.335 e. The molecule has 0 bridgehead atoms. The van der Waals surface area contributed by atoms with E-state index in [0.29, 0.717) is 11.7 Å². The summed E-state index contributed by atoms with van der Waals surface area (Å²) in [6.45, 7) is 2.96. The minimum Gasteiger partial charge on any atom is -0.478 e. The first-order chi connectivity index (χ1) is 8.13. The van der Waals surface area contributed by atoms with Gasteiger partial charge in [-0.3, -0.25) is 0 Å². The monoisotopic (exact) mass is 236 g/mol. The molecule has 1 aliphatic heterocycles. The van der Waals surface area contributed by atoms with Gasteiger partial charge >= 0.3 is 5.97 Å². The van der Waals surface area contributed by atoms with Gasteiger partial charge in [-0.15, -0.1) is 0 Å². The average Bonchev–Trinajstić information content (AvgIpc) is 2.70. The van der Waals surface area contributed by atoms with Crippen LogP contribution in [-0.2, 0) is 0 Å². The lowest BCUT2D eigenvalue weighted by molar-refractivity contribution is 0.0697. The molecule has 1 saturated heterocycles.